The van der Waals surface area contributed by atoms with E-state index in [0.717, 1.165) is 69.7 Å². The van der Waals surface area contributed by atoms with Crippen LogP contribution in [0.25, 0.3) is 11.1 Å². The number of nitrogens with one attached hydrogen (secondary N) is 2. The van der Waals surface area contributed by atoms with E-state index in [0.29, 0.717) is 25.3 Å². The van der Waals surface area contributed by atoms with Gasteiger partial charge in [-0.2, -0.15) is 0 Å². The van der Waals surface area contributed by atoms with Gasteiger partial charge in [0.25, 0.3) is 0 Å². The molecule has 0 saturated carbocycles. The summed E-state index contributed by atoms with van der Waals surface area (Å²) in [6.07, 6.45) is 2.50. The number of nitrogens with zero attached hydrogens (tertiary/aromatic N) is 1. The van der Waals surface area contributed by atoms with Crippen LogP contribution in [0.5, 0.6) is 17.2 Å². The van der Waals surface area contributed by atoms with Gasteiger partial charge in [-0.1, -0.05) is 97.1 Å². The summed E-state index contributed by atoms with van der Waals surface area (Å²) in [6.45, 7) is 1.50. The number of rotatable bonds is 14. The van der Waals surface area contributed by atoms with E-state index in [1.165, 1.54) is 0 Å². The van der Waals surface area contributed by atoms with Crippen LogP contribution in [0, 0.1) is 5.92 Å². The fraction of sp³-hybridized carbons (Fsp3) is 0.327. The summed E-state index contributed by atoms with van der Waals surface area (Å²) in [7, 11) is 3.31. The lowest BCUT2D eigenvalue weighted by Gasteiger charge is -2.41. The summed E-state index contributed by atoms with van der Waals surface area (Å²) < 4.78 is 23.2. The molecule has 3 aliphatic rings. The van der Waals surface area contributed by atoms with Crippen LogP contribution in [0.2, 0.25) is 0 Å². The maximum atomic E-state index is 14.5. The van der Waals surface area contributed by atoms with Gasteiger partial charge in [0.05, 0.1) is 19.4 Å². The first-order valence-corrected chi connectivity index (χ1v) is 20.5. The molecule has 8 rings (SSSR count). The molecule has 2 heterocycles. The lowest BCUT2D eigenvalue weighted by molar-refractivity contribution is -0.128. The number of benzene rings is 5. The van der Waals surface area contributed by atoms with E-state index >= 15 is 0 Å². The van der Waals surface area contributed by atoms with Gasteiger partial charge < -0.3 is 34.5 Å². The van der Waals surface area contributed by atoms with Gasteiger partial charge in [-0.15, -0.1) is 0 Å². The normalized spacial score (nSPS) is 17.4. The number of fused-ring (bicyclic) bond motifs is 5. The van der Waals surface area contributed by atoms with E-state index in [1.807, 2.05) is 84.9 Å². The van der Waals surface area contributed by atoms with Crippen molar-refractivity contribution in [3.05, 3.63) is 149 Å². The van der Waals surface area contributed by atoms with Gasteiger partial charge in [0.15, 0.2) is 0 Å². The number of piperidine rings is 1. The Labute approximate surface area is 345 Å². The van der Waals surface area contributed by atoms with Crippen LogP contribution >= 0.6 is 0 Å². The minimum atomic E-state index is -0.605. The standard InChI is InChI=1S/C49H51N3O7/c1-56-26-12-11-25-49(42-17-7-9-19-44(42)59-45-20-10-8-18-43(45)49)32-50-47(54)34-28-35(51-46(53)27-33-21-23-36(57-2)24-22-33)30-52(29-34)48(55)58-31-41-39-15-5-3-13-37(39)38-14-4-6-16-40(38)41/h3-10,13-24,34-35,41H,11-12,25-32H2,1-2H3,(H,50,54)(H,51,53). The van der Waals surface area contributed by atoms with Crippen molar-refractivity contribution in [3.63, 3.8) is 0 Å². The fourth-order valence-corrected chi connectivity index (χ4v) is 9.20. The third-order valence-corrected chi connectivity index (χ3v) is 12.1. The van der Waals surface area contributed by atoms with Crippen molar-refractivity contribution < 1.29 is 33.3 Å². The molecule has 5 aromatic carbocycles. The average molecular weight is 794 g/mol. The Morgan fingerprint density at radius 3 is 2.03 bits per heavy atom. The molecule has 1 saturated heterocycles. The Morgan fingerprint density at radius 2 is 1.39 bits per heavy atom. The number of amides is 3. The molecule has 2 unspecified atom stereocenters. The molecule has 0 aromatic heterocycles. The molecule has 1 aliphatic carbocycles. The number of methoxy groups -OCH3 is 2. The molecule has 2 N–H and O–H groups in total. The highest BCUT2D eigenvalue weighted by Crippen LogP contribution is 2.50. The second-order valence-electron chi connectivity index (χ2n) is 15.8. The van der Waals surface area contributed by atoms with Gasteiger partial charge in [0.1, 0.15) is 23.9 Å². The Hall–Kier alpha value is -6.13. The van der Waals surface area contributed by atoms with Gasteiger partial charge in [0.2, 0.25) is 11.8 Å². The summed E-state index contributed by atoms with van der Waals surface area (Å²) >= 11 is 0. The van der Waals surface area contributed by atoms with E-state index < -0.39 is 23.5 Å². The third-order valence-electron chi connectivity index (χ3n) is 12.1. The highest BCUT2D eigenvalue weighted by Gasteiger charge is 2.43. The van der Waals surface area contributed by atoms with E-state index in [2.05, 4.69) is 47.0 Å². The Balaban J connectivity index is 1.02. The highest BCUT2D eigenvalue weighted by molar-refractivity contribution is 5.82. The van der Waals surface area contributed by atoms with Crippen LogP contribution in [0.3, 0.4) is 0 Å². The van der Waals surface area contributed by atoms with E-state index in [4.69, 9.17) is 18.9 Å². The van der Waals surface area contributed by atoms with E-state index in [1.54, 1.807) is 19.1 Å². The first kappa shape index (κ1) is 39.7. The van der Waals surface area contributed by atoms with Crippen molar-refractivity contribution in [2.75, 3.05) is 47.1 Å². The van der Waals surface area contributed by atoms with Crippen molar-refractivity contribution in [1.82, 2.24) is 15.5 Å². The zero-order valence-electron chi connectivity index (χ0n) is 33.7. The zero-order valence-corrected chi connectivity index (χ0v) is 33.7. The maximum absolute atomic E-state index is 14.5. The molecule has 10 nitrogen and oxygen atoms in total. The maximum Gasteiger partial charge on any atom is 0.409 e. The summed E-state index contributed by atoms with van der Waals surface area (Å²) in [4.78, 5) is 43.6. The molecule has 0 radical (unpaired) electrons. The highest BCUT2D eigenvalue weighted by atomic mass is 16.6. The van der Waals surface area contributed by atoms with Gasteiger partial charge in [-0.05, 0) is 77.8 Å². The van der Waals surface area contributed by atoms with Gasteiger partial charge in [-0.25, -0.2) is 4.79 Å². The number of likely N-dealkylation sites (tertiary alicyclic amines) is 1. The topological polar surface area (TPSA) is 115 Å². The molecule has 304 valence electrons. The van der Waals surface area contributed by atoms with Crippen molar-refractivity contribution in [3.8, 4) is 28.4 Å². The van der Waals surface area contributed by atoms with Crippen molar-refractivity contribution in [1.29, 1.82) is 0 Å². The SMILES string of the molecule is COCCCCC1(CNC(=O)C2CC(NC(=O)Cc3ccc(OC)cc3)CN(C(=O)OCC3c4ccccc4-c4ccccc43)C2)c2ccccc2Oc2ccccc21. The summed E-state index contributed by atoms with van der Waals surface area (Å²) in [5.74, 6) is 1.15. The predicted molar refractivity (Wildman–Crippen MR) is 226 cm³/mol. The van der Waals surface area contributed by atoms with Crippen LogP contribution in [0.4, 0.5) is 4.79 Å². The lowest BCUT2D eigenvalue weighted by atomic mass is 9.69. The lowest BCUT2D eigenvalue weighted by Crippen LogP contribution is -2.56. The summed E-state index contributed by atoms with van der Waals surface area (Å²) in [5.41, 5.74) is 6.82. The molecule has 0 spiro atoms. The molecule has 5 aromatic rings. The van der Waals surface area contributed by atoms with Crippen LogP contribution in [0.1, 0.15) is 59.4 Å². The number of unbranched alkanes of at least 4 members (excludes halogenated alkanes) is 1. The number of ether oxygens (including phenoxy) is 4. The summed E-state index contributed by atoms with van der Waals surface area (Å²) in [5, 5.41) is 6.48. The minimum absolute atomic E-state index is 0.111. The van der Waals surface area contributed by atoms with E-state index in [9.17, 15) is 14.4 Å². The van der Waals surface area contributed by atoms with Crippen molar-refractivity contribution in [2.24, 2.45) is 5.92 Å². The Morgan fingerprint density at radius 1 is 0.763 bits per heavy atom. The van der Waals surface area contributed by atoms with Gasteiger partial charge >= 0.3 is 6.09 Å². The fourth-order valence-electron chi connectivity index (χ4n) is 9.20. The third kappa shape index (κ3) is 8.41. The second-order valence-corrected chi connectivity index (χ2v) is 15.8. The molecule has 3 amide bonds. The van der Waals surface area contributed by atoms with Crippen LogP contribution in [-0.4, -0.2) is 75.9 Å². The largest absolute Gasteiger partial charge is 0.497 e. The van der Waals surface area contributed by atoms with Crippen LogP contribution in [-0.2, 0) is 30.9 Å². The predicted octanol–water partition coefficient (Wildman–Crippen LogP) is 8.02. The molecular formula is C49H51N3O7. The molecule has 10 heteroatoms. The van der Waals surface area contributed by atoms with Crippen molar-refractivity contribution >= 4 is 17.9 Å². The van der Waals surface area contributed by atoms with Crippen LogP contribution in [0.15, 0.2) is 121 Å². The molecule has 2 atom stereocenters. The number of hydrogen-bond donors (Lipinski definition) is 2. The second kappa shape index (κ2) is 17.8. The first-order valence-electron chi connectivity index (χ1n) is 20.5. The van der Waals surface area contributed by atoms with Crippen molar-refractivity contribution in [2.45, 2.75) is 49.5 Å². The quantitative estimate of drug-likeness (QED) is 0.110. The van der Waals surface area contributed by atoms with Gasteiger partial charge in [0, 0.05) is 61.9 Å². The minimum Gasteiger partial charge on any atom is -0.497 e. The first-order chi connectivity index (χ1) is 28.9. The van der Waals surface area contributed by atoms with E-state index in [-0.39, 0.29) is 43.8 Å². The molecule has 1 fully saturated rings. The number of hydrogen-bond acceptors (Lipinski definition) is 7. The Kier molecular flexibility index (Phi) is 12.0. The Bertz CT molecular complexity index is 2200. The molecule has 0 bridgehead atoms. The molecular weight excluding hydrogens is 743 g/mol. The number of para-hydroxylation sites is 2. The van der Waals surface area contributed by atoms with Crippen LogP contribution < -0.4 is 20.1 Å². The van der Waals surface area contributed by atoms with Gasteiger partial charge in [-0.3, -0.25) is 9.59 Å². The monoisotopic (exact) mass is 793 g/mol. The number of carbonyl (C=O) groups excluding carboxylic acids is 3. The smallest absolute Gasteiger partial charge is 0.409 e. The average Bonchev–Trinajstić information content (AvgIpc) is 3.59. The summed E-state index contributed by atoms with van der Waals surface area (Å²) in [6, 6.07) is 39.4. The number of carbonyl (C=O) groups is 3. The zero-order chi connectivity index (χ0) is 40.8. The molecule has 59 heavy (non-hydrogen) atoms. The molecule has 2 aliphatic heterocycles.